The number of benzene rings is 1. The van der Waals surface area contributed by atoms with E-state index in [1.54, 1.807) is 12.1 Å². The van der Waals surface area contributed by atoms with Gasteiger partial charge in [0.15, 0.2) is 11.5 Å². The fourth-order valence-electron chi connectivity index (χ4n) is 2.04. The van der Waals surface area contributed by atoms with Crippen molar-refractivity contribution in [3.8, 4) is 17.2 Å². The smallest absolute Gasteiger partial charge is 0.203 e. The molecule has 0 bridgehead atoms. The second-order valence-corrected chi connectivity index (χ2v) is 5.53. The average Bonchev–Trinajstić information content (AvgIpc) is 3.01. The molecule has 0 aliphatic heterocycles. The molecule has 1 heterocycles. The minimum absolute atomic E-state index is 0.0426. The maximum atomic E-state index is 12.6. The van der Waals surface area contributed by atoms with Crippen LogP contribution in [0, 0.1) is 0 Å². The summed E-state index contributed by atoms with van der Waals surface area (Å²) in [7, 11) is 4.60. The number of carbonyl (C=O) groups excluding carboxylic acids is 1. The molecule has 0 atom stereocenters. The van der Waals surface area contributed by atoms with E-state index in [1.807, 2.05) is 12.1 Å². The molecule has 2 aromatic rings. The van der Waals surface area contributed by atoms with E-state index in [-0.39, 0.29) is 5.78 Å². The zero-order chi connectivity index (χ0) is 15.4. The topological polar surface area (TPSA) is 44.8 Å². The Morgan fingerprint density at radius 3 is 2.10 bits per heavy atom. The van der Waals surface area contributed by atoms with Crippen LogP contribution in [0.1, 0.15) is 27.0 Å². The van der Waals surface area contributed by atoms with Crippen LogP contribution in [0.25, 0.3) is 0 Å². The van der Waals surface area contributed by atoms with Crippen molar-refractivity contribution in [2.75, 3.05) is 21.3 Å². The summed E-state index contributed by atoms with van der Waals surface area (Å²) in [6.07, 6.45) is 0.924. The molecule has 1 aromatic heterocycles. The Labute approximate surface area is 128 Å². The van der Waals surface area contributed by atoms with Gasteiger partial charge in [-0.1, -0.05) is 6.92 Å². The third-order valence-corrected chi connectivity index (χ3v) is 4.39. The zero-order valence-corrected chi connectivity index (χ0v) is 13.4. The number of carbonyl (C=O) groups is 1. The maximum Gasteiger partial charge on any atom is 0.203 e. The molecule has 1 aromatic carbocycles. The first kappa shape index (κ1) is 15.4. The van der Waals surface area contributed by atoms with Crippen molar-refractivity contribution in [2.24, 2.45) is 0 Å². The van der Waals surface area contributed by atoms with Crippen molar-refractivity contribution in [3.63, 3.8) is 0 Å². The molecule has 0 unspecified atom stereocenters. The Hall–Kier alpha value is -2.01. The molecule has 112 valence electrons. The molecule has 4 nitrogen and oxygen atoms in total. The van der Waals surface area contributed by atoms with Crippen LogP contribution in [0.3, 0.4) is 0 Å². The summed E-state index contributed by atoms with van der Waals surface area (Å²) < 4.78 is 15.8. The summed E-state index contributed by atoms with van der Waals surface area (Å²) >= 11 is 1.51. The van der Waals surface area contributed by atoms with Crippen molar-refractivity contribution >= 4 is 17.1 Å². The van der Waals surface area contributed by atoms with Crippen molar-refractivity contribution in [1.29, 1.82) is 0 Å². The highest BCUT2D eigenvalue weighted by Crippen LogP contribution is 2.39. The van der Waals surface area contributed by atoms with Crippen LogP contribution in [0.4, 0.5) is 0 Å². The summed E-state index contributed by atoms with van der Waals surface area (Å²) in [6, 6.07) is 7.19. The van der Waals surface area contributed by atoms with E-state index in [2.05, 4.69) is 6.92 Å². The monoisotopic (exact) mass is 306 g/mol. The molecule has 0 radical (unpaired) electrons. The summed E-state index contributed by atoms with van der Waals surface area (Å²) in [5.74, 6) is 1.40. The third-order valence-electron chi connectivity index (χ3n) is 3.16. The minimum atomic E-state index is -0.0426. The lowest BCUT2D eigenvalue weighted by molar-refractivity contribution is 0.104. The lowest BCUT2D eigenvalue weighted by atomic mass is 10.1. The first-order chi connectivity index (χ1) is 10.1. The van der Waals surface area contributed by atoms with E-state index in [4.69, 9.17) is 14.2 Å². The highest BCUT2D eigenvalue weighted by molar-refractivity contribution is 7.14. The van der Waals surface area contributed by atoms with Gasteiger partial charge in [-0.3, -0.25) is 4.79 Å². The van der Waals surface area contributed by atoms with Crippen molar-refractivity contribution in [2.45, 2.75) is 13.3 Å². The molecule has 0 spiro atoms. The zero-order valence-electron chi connectivity index (χ0n) is 12.6. The van der Waals surface area contributed by atoms with Gasteiger partial charge in [-0.05, 0) is 30.7 Å². The standard InChI is InChI=1S/C16H18O4S/c1-5-11-6-7-14(21-11)15(17)10-8-12(18-2)16(20-4)13(9-10)19-3/h6-9H,5H2,1-4H3. The predicted molar refractivity (Wildman–Crippen MR) is 83.2 cm³/mol. The van der Waals surface area contributed by atoms with Gasteiger partial charge in [0.25, 0.3) is 0 Å². The molecule has 2 rings (SSSR count). The Bertz CT molecular complexity index is 620. The minimum Gasteiger partial charge on any atom is -0.493 e. The van der Waals surface area contributed by atoms with Crippen LogP contribution >= 0.6 is 11.3 Å². The van der Waals surface area contributed by atoms with Crippen molar-refractivity contribution < 1.29 is 19.0 Å². The van der Waals surface area contributed by atoms with Gasteiger partial charge in [0.05, 0.1) is 26.2 Å². The van der Waals surface area contributed by atoms with Gasteiger partial charge in [0, 0.05) is 10.4 Å². The first-order valence-corrected chi connectivity index (χ1v) is 7.39. The summed E-state index contributed by atoms with van der Waals surface area (Å²) in [6.45, 7) is 2.07. The van der Waals surface area contributed by atoms with E-state index in [9.17, 15) is 4.79 Å². The van der Waals surface area contributed by atoms with Crippen LogP contribution in [-0.4, -0.2) is 27.1 Å². The van der Waals surface area contributed by atoms with Gasteiger partial charge < -0.3 is 14.2 Å². The number of aryl methyl sites for hydroxylation is 1. The van der Waals surface area contributed by atoms with Gasteiger partial charge in [0.2, 0.25) is 11.5 Å². The Morgan fingerprint density at radius 1 is 1.05 bits per heavy atom. The fourth-order valence-corrected chi connectivity index (χ4v) is 2.95. The van der Waals surface area contributed by atoms with Crippen LogP contribution in [-0.2, 0) is 6.42 Å². The van der Waals surface area contributed by atoms with E-state index in [1.165, 1.54) is 37.5 Å². The average molecular weight is 306 g/mol. The fraction of sp³-hybridized carbons (Fsp3) is 0.312. The molecule has 0 saturated carbocycles. The second-order valence-electron chi connectivity index (χ2n) is 4.36. The van der Waals surface area contributed by atoms with E-state index >= 15 is 0 Å². The molecule has 0 aliphatic rings. The third kappa shape index (κ3) is 3.03. The number of ketones is 1. The molecule has 0 saturated heterocycles. The SMILES string of the molecule is CCc1ccc(C(=O)c2cc(OC)c(OC)c(OC)c2)s1. The normalized spacial score (nSPS) is 10.3. The highest BCUT2D eigenvalue weighted by atomic mass is 32.1. The van der Waals surface area contributed by atoms with Gasteiger partial charge >= 0.3 is 0 Å². The molecular weight excluding hydrogens is 288 g/mol. The van der Waals surface area contributed by atoms with Crippen molar-refractivity contribution in [1.82, 2.24) is 0 Å². The molecular formula is C16H18O4S. The molecule has 0 amide bonds. The number of ether oxygens (including phenoxy) is 3. The largest absolute Gasteiger partial charge is 0.493 e. The molecule has 5 heteroatoms. The second kappa shape index (κ2) is 6.63. The Morgan fingerprint density at radius 2 is 1.67 bits per heavy atom. The van der Waals surface area contributed by atoms with E-state index in [0.717, 1.165) is 6.42 Å². The quantitative estimate of drug-likeness (QED) is 0.765. The van der Waals surface area contributed by atoms with E-state index < -0.39 is 0 Å². The van der Waals surface area contributed by atoms with Gasteiger partial charge in [-0.25, -0.2) is 0 Å². The number of methoxy groups -OCH3 is 3. The molecule has 0 fully saturated rings. The van der Waals surface area contributed by atoms with Gasteiger partial charge in [0.1, 0.15) is 0 Å². The maximum absolute atomic E-state index is 12.6. The summed E-state index contributed by atoms with van der Waals surface area (Å²) in [5, 5.41) is 0. The highest BCUT2D eigenvalue weighted by Gasteiger charge is 2.19. The van der Waals surface area contributed by atoms with E-state index in [0.29, 0.717) is 27.7 Å². The van der Waals surface area contributed by atoms with Gasteiger partial charge in [-0.2, -0.15) is 0 Å². The summed E-state index contributed by atoms with van der Waals surface area (Å²) in [5.41, 5.74) is 0.522. The predicted octanol–water partition coefficient (Wildman–Crippen LogP) is 3.57. The van der Waals surface area contributed by atoms with Crippen LogP contribution in [0.2, 0.25) is 0 Å². The Balaban J connectivity index is 2.45. The van der Waals surface area contributed by atoms with Gasteiger partial charge in [-0.15, -0.1) is 11.3 Å². The van der Waals surface area contributed by atoms with Crippen LogP contribution in [0.5, 0.6) is 17.2 Å². The Kier molecular flexibility index (Phi) is 4.85. The molecule has 0 N–H and O–H groups in total. The lowest BCUT2D eigenvalue weighted by Gasteiger charge is -2.13. The lowest BCUT2D eigenvalue weighted by Crippen LogP contribution is -2.02. The molecule has 0 aliphatic carbocycles. The summed E-state index contributed by atoms with van der Waals surface area (Å²) in [4.78, 5) is 14.5. The molecule has 21 heavy (non-hydrogen) atoms. The van der Waals surface area contributed by atoms with Crippen LogP contribution in [0.15, 0.2) is 24.3 Å². The number of hydrogen-bond acceptors (Lipinski definition) is 5. The van der Waals surface area contributed by atoms with Crippen molar-refractivity contribution in [3.05, 3.63) is 39.6 Å². The first-order valence-electron chi connectivity index (χ1n) is 6.58. The number of rotatable bonds is 6. The number of hydrogen-bond donors (Lipinski definition) is 0. The van der Waals surface area contributed by atoms with Crippen LogP contribution < -0.4 is 14.2 Å². The number of thiophene rings is 1.